The predicted molar refractivity (Wildman–Crippen MR) is 103 cm³/mol. The number of hydrogen-bond acceptors (Lipinski definition) is 4. The average Bonchev–Trinajstić information content (AvgIpc) is 3.48. The van der Waals surface area contributed by atoms with Crippen molar-refractivity contribution in [1.82, 2.24) is 9.97 Å². The number of nitrogens with one attached hydrogen (secondary N) is 2. The van der Waals surface area contributed by atoms with E-state index in [1.807, 2.05) is 61.5 Å². The van der Waals surface area contributed by atoms with E-state index < -0.39 is 0 Å². The summed E-state index contributed by atoms with van der Waals surface area (Å²) in [4.78, 5) is 21.9. The molecule has 4 rings (SSSR count). The molecule has 0 aliphatic heterocycles. The zero-order chi connectivity index (χ0) is 17.9. The number of amides is 1. The molecule has 2 N–H and O–H groups in total. The van der Waals surface area contributed by atoms with Gasteiger partial charge in [0.2, 0.25) is 0 Å². The van der Waals surface area contributed by atoms with Crippen LogP contribution in [0.25, 0.3) is 11.4 Å². The van der Waals surface area contributed by atoms with Gasteiger partial charge in [0.1, 0.15) is 11.5 Å². The van der Waals surface area contributed by atoms with Gasteiger partial charge in [-0.15, -0.1) is 0 Å². The molecule has 0 unspecified atom stereocenters. The van der Waals surface area contributed by atoms with Crippen molar-refractivity contribution >= 4 is 17.4 Å². The van der Waals surface area contributed by atoms with Gasteiger partial charge in [-0.2, -0.15) is 0 Å². The SMILES string of the molecule is Cc1ccccc1NC(=O)c1cc(NC2CC2)nc(-c2ccccc2)n1. The van der Waals surface area contributed by atoms with Gasteiger partial charge < -0.3 is 10.6 Å². The third kappa shape index (κ3) is 3.72. The van der Waals surface area contributed by atoms with E-state index in [0.717, 1.165) is 29.7 Å². The molecule has 0 spiro atoms. The van der Waals surface area contributed by atoms with Crippen molar-refractivity contribution in [1.29, 1.82) is 0 Å². The first-order valence-corrected chi connectivity index (χ1v) is 8.77. The second kappa shape index (κ2) is 6.96. The van der Waals surface area contributed by atoms with E-state index in [4.69, 9.17) is 0 Å². The Morgan fingerprint density at radius 1 is 1.00 bits per heavy atom. The molecule has 0 atom stereocenters. The fourth-order valence-electron chi connectivity index (χ4n) is 2.69. The minimum absolute atomic E-state index is 0.238. The van der Waals surface area contributed by atoms with Crippen LogP contribution in [0.3, 0.4) is 0 Å². The van der Waals surface area contributed by atoms with Gasteiger partial charge in [0.15, 0.2) is 5.82 Å². The second-order valence-electron chi connectivity index (χ2n) is 6.52. The lowest BCUT2D eigenvalue weighted by atomic mass is 10.2. The van der Waals surface area contributed by atoms with Crippen LogP contribution < -0.4 is 10.6 Å². The highest BCUT2D eigenvalue weighted by atomic mass is 16.1. The van der Waals surface area contributed by atoms with E-state index in [1.165, 1.54) is 0 Å². The van der Waals surface area contributed by atoms with Crippen molar-refractivity contribution in [3.05, 3.63) is 71.9 Å². The zero-order valence-corrected chi connectivity index (χ0v) is 14.6. The van der Waals surface area contributed by atoms with Gasteiger partial charge in [0.25, 0.3) is 5.91 Å². The maximum atomic E-state index is 12.8. The van der Waals surface area contributed by atoms with Crippen molar-refractivity contribution in [2.24, 2.45) is 0 Å². The number of aryl methyl sites for hydroxylation is 1. The molecule has 26 heavy (non-hydrogen) atoms. The Morgan fingerprint density at radius 2 is 1.73 bits per heavy atom. The molecule has 5 nitrogen and oxygen atoms in total. The van der Waals surface area contributed by atoms with Crippen LogP contribution in [-0.2, 0) is 0 Å². The molecule has 3 aromatic rings. The molecule has 1 heterocycles. The Labute approximate surface area is 152 Å². The summed E-state index contributed by atoms with van der Waals surface area (Å²) in [7, 11) is 0. The molecule has 5 heteroatoms. The summed E-state index contributed by atoms with van der Waals surface area (Å²) in [5, 5.41) is 6.31. The van der Waals surface area contributed by atoms with E-state index >= 15 is 0 Å². The molecule has 0 radical (unpaired) electrons. The first kappa shape index (κ1) is 16.3. The van der Waals surface area contributed by atoms with E-state index in [1.54, 1.807) is 6.07 Å². The van der Waals surface area contributed by atoms with Crippen LogP contribution in [-0.4, -0.2) is 21.9 Å². The molecule has 1 aliphatic carbocycles. The van der Waals surface area contributed by atoms with Crippen LogP contribution >= 0.6 is 0 Å². The number of rotatable bonds is 5. The van der Waals surface area contributed by atoms with Crippen LogP contribution in [0.1, 0.15) is 28.9 Å². The summed E-state index contributed by atoms with van der Waals surface area (Å²) in [6.07, 6.45) is 2.27. The molecule has 1 aliphatic rings. The van der Waals surface area contributed by atoms with E-state index in [-0.39, 0.29) is 5.91 Å². The monoisotopic (exact) mass is 344 g/mol. The van der Waals surface area contributed by atoms with Crippen LogP contribution in [0, 0.1) is 6.92 Å². The van der Waals surface area contributed by atoms with E-state index in [0.29, 0.717) is 23.4 Å². The highest BCUT2D eigenvalue weighted by molar-refractivity contribution is 6.03. The van der Waals surface area contributed by atoms with Crippen LogP contribution in [0.4, 0.5) is 11.5 Å². The lowest BCUT2D eigenvalue weighted by molar-refractivity contribution is 0.102. The first-order chi connectivity index (χ1) is 12.7. The maximum absolute atomic E-state index is 12.8. The molecule has 1 aromatic heterocycles. The maximum Gasteiger partial charge on any atom is 0.274 e. The van der Waals surface area contributed by atoms with Gasteiger partial charge in [0.05, 0.1) is 0 Å². The summed E-state index contributed by atoms with van der Waals surface area (Å²) in [5.41, 5.74) is 3.03. The molecule has 1 fully saturated rings. The van der Waals surface area contributed by atoms with Gasteiger partial charge in [-0.05, 0) is 31.4 Å². The third-order valence-electron chi connectivity index (χ3n) is 4.31. The number of nitrogens with zero attached hydrogens (tertiary/aromatic N) is 2. The molecular formula is C21H20N4O. The molecule has 1 amide bonds. The van der Waals surface area contributed by atoms with Crippen molar-refractivity contribution in [2.45, 2.75) is 25.8 Å². The van der Waals surface area contributed by atoms with Gasteiger partial charge >= 0.3 is 0 Å². The predicted octanol–water partition coefficient (Wildman–Crippen LogP) is 4.28. The minimum atomic E-state index is -0.238. The zero-order valence-electron chi connectivity index (χ0n) is 14.6. The molecule has 0 saturated heterocycles. The van der Waals surface area contributed by atoms with Crippen LogP contribution in [0.5, 0.6) is 0 Å². The first-order valence-electron chi connectivity index (χ1n) is 8.77. The fraction of sp³-hybridized carbons (Fsp3) is 0.190. The minimum Gasteiger partial charge on any atom is -0.367 e. The smallest absolute Gasteiger partial charge is 0.274 e. The summed E-state index contributed by atoms with van der Waals surface area (Å²) in [6, 6.07) is 19.6. The van der Waals surface area contributed by atoms with Crippen molar-refractivity contribution in [3.8, 4) is 11.4 Å². The standard InChI is InChI=1S/C21H20N4O/c1-14-7-5-6-10-17(14)24-21(26)18-13-19(22-16-11-12-16)25-20(23-18)15-8-3-2-4-9-15/h2-10,13,16H,11-12H2,1H3,(H,24,26)(H,22,23,25). The van der Waals surface area contributed by atoms with Gasteiger partial charge in [-0.3, -0.25) is 4.79 Å². The van der Waals surface area contributed by atoms with Gasteiger partial charge in [0, 0.05) is 23.4 Å². The number of anilines is 2. The number of aromatic nitrogens is 2. The van der Waals surface area contributed by atoms with Gasteiger partial charge in [-0.25, -0.2) is 9.97 Å². The number of carbonyl (C=O) groups excluding carboxylic acids is 1. The number of para-hydroxylation sites is 1. The Balaban J connectivity index is 1.67. The molecule has 2 aromatic carbocycles. The lowest BCUT2D eigenvalue weighted by Crippen LogP contribution is -2.16. The largest absolute Gasteiger partial charge is 0.367 e. The van der Waals surface area contributed by atoms with E-state index in [2.05, 4.69) is 20.6 Å². The van der Waals surface area contributed by atoms with Crippen molar-refractivity contribution in [3.63, 3.8) is 0 Å². The number of carbonyl (C=O) groups is 1. The Kier molecular flexibility index (Phi) is 4.35. The summed E-state index contributed by atoms with van der Waals surface area (Å²) in [6.45, 7) is 1.96. The second-order valence-corrected chi connectivity index (χ2v) is 6.52. The highest BCUT2D eigenvalue weighted by Gasteiger charge is 2.23. The topological polar surface area (TPSA) is 66.9 Å². The average molecular weight is 344 g/mol. The molecule has 0 bridgehead atoms. The van der Waals surface area contributed by atoms with Crippen molar-refractivity contribution in [2.75, 3.05) is 10.6 Å². The normalized spacial score (nSPS) is 13.3. The van der Waals surface area contributed by atoms with E-state index in [9.17, 15) is 4.79 Å². The number of hydrogen-bond donors (Lipinski definition) is 2. The molecular weight excluding hydrogens is 324 g/mol. The Hall–Kier alpha value is -3.21. The highest BCUT2D eigenvalue weighted by Crippen LogP contribution is 2.26. The quantitative estimate of drug-likeness (QED) is 0.725. The van der Waals surface area contributed by atoms with Crippen LogP contribution in [0.2, 0.25) is 0 Å². The van der Waals surface area contributed by atoms with Crippen LogP contribution in [0.15, 0.2) is 60.7 Å². The summed E-state index contributed by atoms with van der Waals surface area (Å²) in [5.74, 6) is 1.00. The Bertz CT molecular complexity index is 936. The molecule has 130 valence electrons. The lowest BCUT2D eigenvalue weighted by Gasteiger charge is -2.11. The number of benzene rings is 2. The van der Waals surface area contributed by atoms with Gasteiger partial charge in [-0.1, -0.05) is 48.5 Å². The fourth-order valence-corrected chi connectivity index (χ4v) is 2.69. The Morgan fingerprint density at radius 3 is 2.46 bits per heavy atom. The van der Waals surface area contributed by atoms with Crippen molar-refractivity contribution < 1.29 is 4.79 Å². The third-order valence-corrected chi connectivity index (χ3v) is 4.31. The summed E-state index contributed by atoms with van der Waals surface area (Å²) < 4.78 is 0. The summed E-state index contributed by atoms with van der Waals surface area (Å²) >= 11 is 0. The molecule has 1 saturated carbocycles.